The Hall–Kier alpha value is -3.03. The third-order valence-corrected chi connectivity index (χ3v) is 3.95. The van der Waals surface area contributed by atoms with Gasteiger partial charge in [-0.25, -0.2) is 0 Å². The first-order chi connectivity index (χ1) is 13.3. The Labute approximate surface area is 162 Å². The number of benzene rings is 2. The standard InChI is InChI=1S/C20H23F3N4O/c1-3-25-18(28)16-9-7-14(8-10-16)12-26-19(24-2)27-13-15-5-4-6-17(11-15)20(21,22)23/h4-11H,3,12-13H2,1-2H3,(H,25,28)(H2,24,26,27). The van der Waals surface area contributed by atoms with Crippen LogP contribution in [0.15, 0.2) is 53.5 Å². The molecule has 28 heavy (non-hydrogen) atoms. The van der Waals surface area contributed by atoms with Gasteiger partial charge in [-0.2, -0.15) is 13.2 Å². The van der Waals surface area contributed by atoms with Crippen LogP contribution in [-0.2, 0) is 19.3 Å². The number of aliphatic imine (C=N–C) groups is 1. The fourth-order valence-electron chi connectivity index (χ4n) is 2.49. The van der Waals surface area contributed by atoms with Crippen molar-refractivity contribution in [3.63, 3.8) is 0 Å². The highest BCUT2D eigenvalue weighted by molar-refractivity contribution is 5.94. The van der Waals surface area contributed by atoms with Gasteiger partial charge in [0, 0.05) is 32.2 Å². The van der Waals surface area contributed by atoms with E-state index < -0.39 is 11.7 Å². The van der Waals surface area contributed by atoms with Crippen LogP contribution >= 0.6 is 0 Å². The number of hydrogen-bond donors (Lipinski definition) is 3. The number of nitrogens with one attached hydrogen (secondary N) is 3. The topological polar surface area (TPSA) is 65.5 Å². The summed E-state index contributed by atoms with van der Waals surface area (Å²) in [5, 5.41) is 8.81. The molecule has 0 radical (unpaired) electrons. The Morgan fingerprint density at radius 2 is 1.61 bits per heavy atom. The van der Waals surface area contributed by atoms with Crippen LogP contribution in [0.5, 0.6) is 0 Å². The second kappa shape index (κ2) is 9.77. The van der Waals surface area contributed by atoms with Gasteiger partial charge in [-0.1, -0.05) is 24.3 Å². The molecule has 1 amide bonds. The molecule has 0 aliphatic heterocycles. The van der Waals surface area contributed by atoms with Crippen LogP contribution in [0.25, 0.3) is 0 Å². The molecule has 0 bridgehead atoms. The zero-order chi connectivity index (χ0) is 20.6. The van der Waals surface area contributed by atoms with Gasteiger partial charge in [0.2, 0.25) is 0 Å². The third kappa shape index (κ3) is 6.29. The number of rotatable bonds is 6. The van der Waals surface area contributed by atoms with E-state index in [0.29, 0.717) is 30.2 Å². The van der Waals surface area contributed by atoms with Crippen LogP contribution in [0, 0.1) is 0 Å². The fraction of sp³-hybridized carbons (Fsp3) is 0.300. The van der Waals surface area contributed by atoms with Crippen molar-refractivity contribution in [2.24, 2.45) is 4.99 Å². The molecule has 150 valence electrons. The molecule has 0 aromatic heterocycles. The molecule has 3 N–H and O–H groups in total. The van der Waals surface area contributed by atoms with E-state index in [4.69, 9.17) is 0 Å². The summed E-state index contributed by atoms with van der Waals surface area (Å²) in [7, 11) is 1.58. The summed E-state index contributed by atoms with van der Waals surface area (Å²) < 4.78 is 38.3. The van der Waals surface area contributed by atoms with Gasteiger partial charge in [0.15, 0.2) is 5.96 Å². The summed E-state index contributed by atoms with van der Waals surface area (Å²) >= 11 is 0. The minimum atomic E-state index is -4.36. The lowest BCUT2D eigenvalue weighted by molar-refractivity contribution is -0.137. The van der Waals surface area contributed by atoms with Crippen molar-refractivity contribution in [1.82, 2.24) is 16.0 Å². The summed E-state index contributed by atoms with van der Waals surface area (Å²) in [6.07, 6.45) is -4.36. The molecule has 2 aromatic rings. The van der Waals surface area contributed by atoms with Crippen molar-refractivity contribution in [3.8, 4) is 0 Å². The van der Waals surface area contributed by atoms with Crippen LogP contribution in [-0.4, -0.2) is 25.5 Å². The maximum atomic E-state index is 12.8. The quantitative estimate of drug-likeness (QED) is 0.522. The van der Waals surface area contributed by atoms with E-state index in [0.717, 1.165) is 17.7 Å². The summed E-state index contributed by atoms with van der Waals surface area (Å²) in [6.45, 7) is 3.09. The van der Waals surface area contributed by atoms with Crippen LogP contribution in [0.3, 0.4) is 0 Å². The zero-order valence-electron chi connectivity index (χ0n) is 15.7. The number of hydrogen-bond acceptors (Lipinski definition) is 2. The molecule has 0 unspecified atom stereocenters. The molecule has 0 saturated heterocycles. The molecule has 8 heteroatoms. The normalized spacial score (nSPS) is 11.8. The van der Waals surface area contributed by atoms with Crippen LogP contribution < -0.4 is 16.0 Å². The Balaban J connectivity index is 1.89. The number of carbonyl (C=O) groups is 1. The smallest absolute Gasteiger partial charge is 0.352 e. The second-order valence-electron chi connectivity index (χ2n) is 6.03. The lowest BCUT2D eigenvalue weighted by Crippen LogP contribution is -2.36. The predicted octanol–water partition coefficient (Wildman–Crippen LogP) is 3.32. The SMILES string of the molecule is CCNC(=O)c1ccc(CNC(=NC)NCc2cccc(C(F)(F)F)c2)cc1. The summed E-state index contributed by atoms with van der Waals surface area (Å²) in [5.41, 5.74) is 1.35. The van der Waals surface area contributed by atoms with Crippen molar-refractivity contribution in [1.29, 1.82) is 0 Å². The molecule has 0 fully saturated rings. The van der Waals surface area contributed by atoms with Gasteiger partial charge in [0.1, 0.15) is 0 Å². The van der Waals surface area contributed by atoms with E-state index in [2.05, 4.69) is 20.9 Å². The summed E-state index contributed by atoms with van der Waals surface area (Å²) in [5.74, 6) is 0.339. The monoisotopic (exact) mass is 392 g/mol. The van der Waals surface area contributed by atoms with E-state index in [1.54, 1.807) is 25.2 Å². The van der Waals surface area contributed by atoms with E-state index >= 15 is 0 Å². The maximum Gasteiger partial charge on any atom is 0.416 e. The van der Waals surface area contributed by atoms with Crippen molar-refractivity contribution >= 4 is 11.9 Å². The van der Waals surface area contributed by atoms with Gasteiger partial charge < -0.3 is 16.0 Å². The van der Waals surface area contributed by atoms with Crippen LogP contribution in [0.2, 0.25) is 0 Å². The fourth-order valence-corrected chi connectivity index (χ4v) is 2.49. The van der Waals surface area contributed by atoms with Crippen molar-refractivity contribution in [2.45, 2.75) is 26.2 Å². The maximum absolute atomic E-state index is 12.8. The molecule has 0 aliphatic rings. The molecular weight excluding hydrogens is 369 g/mol. The Bertz CT molecular complexity index is 817. The second-order valence-corrected chi connectivity index (χ2v) is 6.03. The highest BCUT2D eigenvalue weighted by atomic mass is 19.4. The van der Waals surface area contributed by atoms with E-state index in [1.807, 2.05) is 19.1 Å². The molecule has 0 atom stereocenters. The molecule has 0 spiro atoms. The minimum Gasteiger partial charge on any atom is -0.352 e. The van der Waals surface area contributed by atoms with Crippen molar-refractivity contribution in [3.05, 3.63) is 70.8 Å². The highest BCUT2D eigenvalue weighted by Gasteiger charge is 2.30. The molecule has 2 rings (SSSR count). The summed E-state index contributed by atoms with van der Waals surface area (Å²) in [4.78, 5) is 15.8. The first kappa shape index (κ1) is 21.3. The lowest BCUT2D eigenvalue weighted by Gasteiger charge is -2.13. The molecule has 0 heterocycles. The molecule has 5 nitrogen and oxygen atoms in total. The largest absolute Gasteiger partial charge is 0.416 e. The molecular formula is C20H23F3N4O. The van der Waals surface area contributed by atoms with Gasteiger partial charge in [0.05, 0.1) is 5.56 Å². The average molecular weight is 392 g/mol. The van der Waals surface area contributed by atoms with E-state index in [9.17, 15) is 18.0 Å². The lowest BCUT2D eigenvalue weighted by atomic mass is 10.1. The first-order valence-electron chi connectivity index (χ1n) is 8.81. The van der Waals surface area contributed by atoms with Gasteiger partial charge in [-0.05, 0) is 42.3 Å². The van der Waals surface area contributed by atoms with Crippen molar-refractivity contribution < 1.29 is 18.0 Å². The molecule has 0 aliphatic carbocycles. The van der Waals surface area contributed by atoms with Gasteiger partial charge in [-0.15, -0.1) is 0 Å². The minimum absolute atomic E-state index is 0.124. The van der Waals surface area contributed by atoms with Gasteiger partial charge >= 0.3 is 6.18 Å². The number of amides is 1. The predicted molar refractivity (Wildman–Crippen MR) is 103 cm³/mol. The first-order valence-corrected chi connectivity index (χ1v) is 8.81. The van der Waals surface area contributed by atoms with Crippen LogP contribution in [0.4, 0.5) is 13.2 Å². The number of carbonyl (C=O) groups excluding carboxylic acids is 1. The van der Waals surface area contributed by atoms with E-state index in [1.165, 1.54) is 6.07 Å². The molecule has 0 saturated carbocycles. The Morgan fingerprint density at radius 3 is 2.18 bits per heavy atom. The van der Waals surface area contributed by atoms with E-state index in [-0.39, 0.29) is 12.5 Å². The number of alkyl halides is 3. The van der Waals surface area contributed by atoms with Crippen molar-refractivity contribution in [2.75, 3.05) is 13.6 Å². The number of guanidine groups is 1. The third-order valence-electron chi connectivity index (χ3n) is 3.95. The molecule has 2 aromatic carbocycles. The highest BCUT2D eigenvalue weighted by Crippen LogP contribution is 2.29. The Kier molecular flexibility index (Phi) is 7.43. The van der Waals surface area contributed by atoms with Gasteiger partial charge in [-0.3, -0.25) is 9.79 Å². The Morgan fingerprint density at radius 1 is 0.964 bits per heavy atom. The van der Waals surface area contributed by atoms with Gasteiger partial charge in [0.25, 0.3) is 5.91 Å². The average Bonchev–Trinajstić information content (AvgIpc) is 2.68. The zero-order valence-corrected chi connectivity index (χ0v) is 15.7. The number of halogens is 3. The number of nitrogens with zero attached hydrogens (tertiary/aromatic N) is 1. The summed E-state index contributed by atoms with van der Waals surface area (Å²) in [6, 6.07) is 12.3. The van der Waals surface area contributed by atoms with Crippen LogP contribution in [0.1, 0.15) is 34.0 Å².